The third-order valence-electron chi connectivity index (χ3n) is 3.60. The van der Waals surface area contributed by atoms with Crippen LogP contribution in [0.4, 0.5) is 5.69 Å². The lowest BCUT2D eigenvalue weighted by Gasteiger charge is -2.09. The summed E-state index contributed by atoms with van der Waals surface area (Å²) in [6, 6.07) is 12.6. The summed E-state index contributed by atoms with van der Waals surface area (Å²) in [6.45, 7) is 2.15. The number of nitrogens with zero attached hydrogens (tertiary/aromatic N) is 1. The number of nitrogens with one attached hydrogen (secondary N) is 1. The van der Waals surface area contributed by atoms with E-state index in [4.69, 9.17) is 9.47 Å². The van der Waals surface area contributed by atoms with Gasteiger partial charge in [-0.15, -0.1) is 11.3 Å². The van der Waals surface area contributed by atoms with Gasteiger partial charge in [0.1, 0.15) is 5.75 Å². The number of amides is 1. The van der Waals surface area contributed by atoms with Crippen molar-refractivity contribution in [3.05, 3.63) is 48.0 Å². The van der Waals surface area contributed by atoms with Gasteiger partial charge in [-0.05, 0) is 37.3 Å². The summed E-state index contributed by atoms with van der Waals surface area (Å²) in [6.07, 6.45) is 0. The second kappa shape index (κ2) is 8.88. The summed E-state index contributed by atoms with van der Waals surface area (Å²) in [7, 11) is 1.53. The monoisotopic (exact) mass is 402 g/mol. The minimum Gasteiger partial charge on any atom is -0.496 e. The topological polar surface area (TPSA) is 77.5 Å². The van der Waals surface area contributed by atoms with E-state index in [0.29, 0.717) is 23.6 Å². The van der Waals surface area contributed by atoms with E-state index in [1.807, 2.05) is 18.2 Å². The number of hydrogen-bond donors (Lipinski definition) is 1. The molecule has 3 aromatic rings. The molecule has 0 aliphatic carbocycles. The number of thiazole rings is 1. The Hall–Kier alpha value is -2.58. The Morgan fingerprint density at radius 2 is 2.04 bits per heavy atom. The Labute approximate surface area is 164 Å². The van der Waals surface area contributed by atoms with Crippen molar-refractivity contribution in [2.24, 2.45) is 0 Å². The van der Waals surface area contributed by atoms with Crippen LogP contribution in [0.25, 0.3) is 10.2 Å². The molecule has 0 spiro atoms. The van der Waals surface area contributed by atoms with Crippen molar-refractivity contribution >= 4 is 50.9 Å². The van der Waals surface area contributed by atoms with E-state index in [1.165, 1.54) is 30.2 Å². The van der Waals surface area contributed by atoms with Gasteiger partial charge in [0.15, 0.2) is 4.34 Å². The van der Waals surface area contributed by atoms with Gasteiger partial charge in [-0.3, -0.25) is 9.59 Å². The van der Waals surface area contributed by atoms with Crippen LogP contribution in [0.1, 0.15) is 17.3 Å². The molecular weight excluding hydrogens is 384 g/mol. The molecule has 1 heterocycles. The molecule has 2 aromatic carbocycles. The van der Waals surface area contributed by atoms with E-state index in [2.05, 4.69) is 10.3 Å². The molecule has 6 nitrogen and oxygen atoms in total. The van der Waals surface area contributed by atoms with Gasteiger partial charge in [0.05, 0.1) is 35.2 Å². The van der Waals surface area contributed by atoms with E-state index in [-0.39, 0.29) is 17.6 Å². The predicted molar refractivity (Wildman–Crippen MR) is 108 cm³/mol. The molecule has 0 fully saturated rings. The average molecular weight is 402 g/mol. The van der Waals surface area contributed by atoms with E-state index < -0.39 is 0 Å². The van der Waals surface area contributed by atoms with Crippen LogP contribution in [-0.4, -0.2) is 36.3 Å². The van der Waals surface area contributed by atoms with E-state index in [0.717, 1.165) is 14.6 Å². The first-order valence-corrected chi connectivity index (χ1v) is 10.0. The fourth-order valence-electron chi connectivity index (χ4n) is 2.40. The summed E-state index contributed by atoms with van der Waals surface area (Å²) in [5.41, 5.74) is 1.96. The maximum atomic E-state index is 12.5. The lowest BCUT2D eigenvalue weighted by molar-refractivity contribution is -0.139. The van der Waals surface area contributed by atoms with Gasteiger partial charge < -0.3 is 14.8 Å². The van der Waals surface area contributed by atoms with Crippen molar-refractivity contribution in [1.29, 1.82) is 0 Å². The van der Waals surface area contributed by atoms with Crippen LogP contribution < -0.4 is 10.1 Å². The number of aromatic nitrogens is 1. The predicted octanol–water partition coefficient (Wildman–Crippen LogP) is 4.21. The van der Waals surface area contributed by atoms with Crippen LogP contribution in [0.5, 0.6) is 5.75 Å². The summed E-state index contributed by atoms with van der Waals surface area (Å²) < 4.78 is 11.9. The number of rotatable bonds is 7. The molecule has 0 unspecified atom stereocenters. The molecule has 0 bridgehead atoms. The van der Waals surface area contributed by atoms with Gasteiger partial charge in [-0.1, -0.05) is 23.9 Å². The molecular formula is C19H18N2O4S2. The smallest absolute Gasteiger partial charge is 0.316 e. The number of para-hydroxylation sites is 1. The Morgan fingerprint density at radius 1 is 1.22 bits per heavy atom. The molecule has 0 aliphatic heterocycles. The first-order valence-electron chi connectivity index (χ1n) is 8.24. The minimum atomic E-state index is -0.258. The molecule has 0 saturated heterocycles. The summed E-state index contributed by atoms with van der Waals surface area (Å²) in [4.78, 5) is 28.5. The molecule has 1 aromatic heterocycles. The van der Waals surface area contributed by atoms with E-state index in [1.54, 1.807) is 31.2 Å². The zero-order valence-corrected chi connectivity index (χ0v) is 16.5. The highest BCUT2D eigenvalue weighted by Crippen LogP contribution is 2.31. The summed E-state index contributed by atoms with van der Waals surface area (Å²) in [5.74, 6) is 0.247. The molecule has 1 N–H and O–H groups in total. The number of ether oxygens (including phenoxy) is 2. The number of methoxy groups -OCH3 is 1. The number of carbonyl (C=O) groups is 2. The van der Waals surface area contributed by atoms with Crippen molar-refractivity contribution in [2.45, 2.75) is 11.3 Å². The molecule has 0 radical (unpaired) electrons. The van der Waals surface area contributed by atoms with E-state index >= 15 is 0 Å². The molecule has 0 atom stereocenters. The number of esters is 1. The highest BCUT2D eigenvalue weighted by molar-refractivity contribution is 8.01. The van der Waals surface area contributed by atoms with Crippen molar-refractivity contribution in [3.8, 4) is 5.75 Å². The van der Waals surface area contributed by atoms with Gasteiger partial charge in [-0.25, -0.2) is 4.98 Å². The molecule has 27 heavy (non-hydrogen) atoms. The lowest BCUT2D eigenvalue weighted by Crippen LogP contribution is -2.12. The van der Waals surface area contributed by atoms with Crippen molar-refractivity contribution < 1.29 is 19.1 Å². The largest absolute Gasteiger partial charge is 0.496 e. The quantitative estimate of drug-likeness (QED) is 0.471. The van der Waals surface area contributed by atoms with Crippen LogP contribution >= 0.6 is 23.1 Å². The maximum absolute atomic E-state index is 12.5. The normalized spacial score (nSPS) is 10.6. The summed E-state index contributed by atoms with van der Waals surface area (Å²) in [5, 5.41) is 2.88. The lowest BCUT2D eigenvalue weighted by atomic mass is 10.2. The highest BCUT2D eigenvalue weighted by Gasteiger charge is 2.13. The summed E-state index contributed by atoms with van der Waals surface area (Å²) >= 11 is 2.81. The number of fused-ring (bicyclic) bond motifs is 1. The molecule has 3 rings (SSSR count). The zero-order valence-electron chi connectivity index (χ0n) is 14.9. The molecule has 1 amide bonds. The van der Waals surface area contributed by atoms with Crippen molar-refractivity contribution in [2.75, 3.05) is 24.8 Å². The van der Waals surface area contributed by atoms with Gasteiger partial charge >= 0.3 is 5.97 Å². The Morgan fingerprint density at radius 3 is 2.81 bits per heavy atom. The van der Waals surface area contributed by atoms with Crippen molar-refractivity contribution in [1.82, 2.24) is 4.98 Å². The van der Waals surface area contributed by atoms with Crippen molar-refractivity contribution in [3.63, 3.8) is 0 Å². The zero-order chi connectivity index (χ0) is 19.2. The SMILES string of the molecule is CCOC(=O)CSc1nc2ccc(NC(=O)c3ccccc3OC)cc2s1. The van der Waals surface area contributed by atoms with Crippen LogP contribution in [-0.2, 0) is 9.53 Å². The van der Waals surface area contributed by atoms with Crippen LogP contribution in [0, 0.1) is 0 Å². The Bertz CT molecular complexity index is 971. The molecule has 0 saturated carbocycles. The first-order chi connectivity index (χ1) is 13.1. The van der Waals surface area contributed by atoms with Crippen LogP contribution in [0.3, 0.4) is 0 Å². The van der Waals surface area contributed by atoms with Gasteiger partial charge in [-0.2, -0.15) is 0 Å². The first kappa shape index (κ1) is 19.2. The molecule has 8 heteroatoms. The van der Waals surface area contributed by atoms with Crippen LogP contribution in [0.2, 0.25) is 0 Å². The Balaban J connectivity index is 1.72. The third kappa shape index (κ3) is 4.78. The van der Waals surface area contributed by atoms with Gasteiger partial charge in [0.25, 0.3) is 5.91 Å². The maximum Gasteiger partial charge on any atom is 0.316 e. The third-order valence-corrected chi connectivity index (χ3v) is 5.73. The average Bonchev–Trinajstić information content (AvgIpc) is 3.08. The molecule has 0 aliphatic rings. The van der Waals surface area contributed by atoms with Gasteiger partial charge in [0, 0.05) is 5.69 Å². The van der Waals surface area contributed by atoms with Crippen LogP contribution in [0.15, 0.2) is 46.8 Å². The molecule has 140 valence electrons. The van der Waals surface area contributed by atoms with Gasteiger partial charge in [0.2, 0.25) is 0 Å². The fraction of sp³-hybridized carbons (Fsp3) is 0.211. The van der Waals surface area contributed by atoms with E-state index in [9.17, 15) is 9.59 Å². The number of anilines is 1. The fourth-order valence-corrected chi connectivity index (χ4v) is 4.30. The second-order valence-corrected chi connectivity index (χ2v) is 7.66. The number of carbonyl (C=O) groups excluding carboxylic acids is 2. The number of thioether (sulfide) groups is 1. The second-order valence-electron chi connectivity index (χ2n) is 5.41. The highest BCUT2D eigenvalue weighted by atomic mass is 32.2. The minimum absolute atomic E-state index is 0.227. The number of hydrogen-bond acceptors (Lipinski definition) is 7. The number of benzene rings is 2. The Kier molecular flexibility index (Phi) is 6.31. The standard InChI is InChI=1S/C19H18N2O4S2/c1-3-25-17(22)11-26-19-21-14-9-8-12(10-16(14)27-19)20-18(23)13-6-4-5-7-15(13)24-2/h4-10H,3,11H2,1-2H3,(H,20,23).